The van der Waals surface area contributed by atoms with E-state index in [4.69, 9.17) is 10.9 Å². The zero-order valence-corrected chi connectivity index (χ0v) is 10.1. The molecule has 1 aromatic heterocycles. The van der Waals surface area contributed by atoms with Gasteiger partial charge in [-0.15, -0.1) is 0 Å². The third kappa shape index (κ3) is 2.55. The molecule has 3 N–H and O–H groups in total. The average molecular weight is 254 g/mol. The van der Waals surface area contributed by atoms with E-state index in [-0.39, 0.29) is 5.84 Å². The lowest BCUT2D eigenvalue weighted by Crippen LogP contribution is -2.39. The van der Waals surface area contributed by atoms with E-state index >= 15 is 0 Å². The number of hydrogen-bond acceptors (Lipinski definition) is 5. The summed E-state index contributed by atoms with van der Waals surface area (Å²) in [6.45, 7) is 1.40. The highest BCUT2D eigenvalue weighted by Crippen LogP contribution is 2.19. The van der Waals surface area contributed by atoms with Crippen LogP contribution in [0.3, 0.4) is 0 Å². The summed E-state index contributed by atoms with van der Waals surface area (Å²) in [4.78, 5) is 6.17. The molecule has 0 radical (unpaired) electrons. The van der Waals surface area contributed by atoms with Crippen molar-refractivity contribution in [3.63, 3.8) is 0 Å². The lowest BCUT2D eigenvalue weighted by Gasteiger charge is -2.29. The molecule has 0 bridgehead atoms. The molecule has 1 aliphatic heterocycles. The summed E-state index contributed by atoms with van der Waals surface area (Å²) in [5.41, 5.74) is 6.86. The smallest absolute Gasteiger partial charge is 0.190 e. The highest BCUT2D eigenvalue weighted by molar-refractivity contribution is 7.85. The van der Waals surface area contributed by atoms with Crippen LogP contribution < -0.4 is 10.6 Å². The van der Waals surface area contributed by atoms with Crippen molar-refractivity contribution in [3.8, 4) is 0 Å². The van der Waals surface area contributed by atoms with Crippen molar-refractivity contribution in [3.05, 3.63) is 24.0 Å². The minimum atomic E-state index is -0.727. The van der Waals surface area contributed by atoms with E-state index in [0.717, 1.165) is 5.69 Å². The Kier molecular flexibility index (Phi) is 3.58. The Morgan fingerprint density at radius 2 is 2.24 bits per heavy atom. The van der Waals surface area contributed by atoms with Crippen LogP contribution in [0.15, 0.2) is 23.5 Å². The van der Waals surface area contributed by atoms with E-state index < -0.39 is 10.8 Å². The van der Waals surface area contributed by atoms with Gasteiger partial charge in [0.2, 0.25) is 0 Å². The molecule has 0 unspecified atom stereocenters. The number of anilines is 1. The van der Waals surface area contributed by atoms with Gasteiger partial charge in [0.25, 0.3) is 0 Å². The molecule has 2 rings (SSSR count). The second-order valence-corrected chi connectivity index (χ2v) is 5.39. The molecule has 92 valence electrons. The summed E-state index contributed by atoms with van der Waals surface area (Å²) in [6, 6.07) is 3.67. The van der Waals surface area contributed by atoms with Crippen molar-refractivity contribution >= 4 is 22.3 Å². The van der Waals surface area contributed by atoms with Crippen LogP contribution in [0.4, 0.5) is 5.69 Å². The number of oxime groups is 1. The zero-order valence-electron chi connectivity index (χ0n) is 9.24. The van der Waals surface area contributed by atoms with Crippen molar-refractivity contribution in [1.29, 1.82) is 0 Å². The molecule has 0 spiro atoms. The van der Waals surface area contributed by atoms with Gasteiger partial charge in [-0.3, -0.25) is 9.19 Å². The third-order valence-corrected chi connectivity index (χ3v) is 3.93. The van der Waals surface area contributed by atoms with Crippen LogP contribution >= 0.6 is 0 Å². The summed E-state index contributed by atoms with van der Waals surface area (Å²) >= 11 is 0. The molecule has 0 saturated carbocycles. The Hall–Kier alpha value is -1.63. The molecule has 6 nitrogen and oxygen atoms in total. The molecular weight excluding hydrogens is 240 g/mol. The Labute approximate surface area is 102 Å². The fourth-order valence-electron chi connectivity index (χ4n) is 1.78. The van der Waals surface area contributed by atoms with Gasteiger partial charge in [0.05, 0.1) is 5.69 Å². The first-order valence-corrected chi connectivity index (χ1v) is 6.74. The molecular formula is C10H14N4O2S. The maximum absolute atomic E-state index is 11.3. The van der Waals surface area contributed by atoms with Crippen molar-refractivity contribution in [2.45, 2.75) is 0 Å². The Morgan fingerprint density at radius 3 is 2.88 bits per heavy atom. The van der Waals surface area contributed by atoms with Gasteiger partial charge in [-0.2, -0.15) is 0 Å². The first kappa shape index (κ1) is 11.8. The molecule has 7 heteroatoms. The van der Waals surface area contributed by atoms with Gasteiger partial charge in [-0.25, -0.2) is 0 Å². The van der Waals surface area contributed by atoms with Crippen LogP contribution in [0, 0.1) is 0 Å². The maximum Gasteiger partial charge on any atom is 0.190 e. The van der Waals surface area contributed by atoms with E-state index in [1.807, 2.05) is 6.07 Å². The molecule has 0 atom stereocenters. The van der Waals surface area contributed by atoms with E-state index in [1.165, 1.54) is 0 Å². The summed E-state index contributed by atoms with van der Waals surface area (Å²) in [5, 5.41) is 11.7. The van der Waals surface area contributed by atoms with Crippen molar-refractivity contribution in [2.24, 2.45) is 10.9 Å². The summed E-state index contributed by atoms with van der Waals surface area (Å²) in [6.07, 6.45) is 1.60. The lowest BCUT2D eigenvalue weighted by molar-refractivity contribution is 0.318. The second-order valence-electron chi connectivity index (χ2n) is 3.69. The Bertz CT molecular complexity index is 453. The van der Waals surface area contributed by atoms with Crippen LogP contribution in [0.5, 0.6) is 0 Å². The standard InChI is InChI=1S/C10H14N4O2S/c11-10(13-15)9-8(2-1-3-12-9)14-4-6-17(16)7-5-14/h1-3,15H,4-7H2,(H2,11,13). The highest BCUT2D eigenvalue weighted by atomic mass is 32.2. The summed E-state index contributed by atoms with van der Waals surface area (Å²) in [5.74, 6) is 1.28. The molecule has 0 aromatic carbocycles. The van der Waals surface area contributed by atoms with E-state index in [2.05, 4.69) is 15.0 Å². The quantitative estimate of drug-likeness (QED) is 0.328. The molecule has 0 amide bonds. The number of aromatic nitrogens is 1. The number of nitrogens with zero attached hydrogens (tertiary/aromatic N) is 3. The van der Waals surface area contributed by atoms with Crippen LogP contribution in [-0.4, -0.2) is 44.8 Å². The minimum absolute atomic E-state index is 0.00713. The number of pyridine rings is 1. The van der Waals surface area contributed by atoms with Crippen molar-refractivity contribution in [1.82, 2.24) is 4.98 Å². The average Bonchev–Trinajstić information content (AvgIpc) is 2.39. The molecule has 17 heavy (non-hydrogen) atoms. The number of rotatable bonds is 2. The summed E-state index contributed by atoms with van der Waals surface area (Å²) < 4.78 is 11.3. The lowest BCUT2D eigenvalue weighted by atomic mass is 10.2. The van der Waals surface area contributed by atoms with Gasteiger partial charge in [0.15, 0.2) is 5.84 Å². The molecule has 1 fully saturated rings. The van der Waals surface area contributed by atoms with Gasteiger partial charge in [0, 0.05) is 41.6 Å². The summed E-state index contributed by atoms with van der Waals surface area (Å²) in [7, 11) is -0.727. The molecule has 0 aliphatic carbocycles. The van der Waals surface area contributed by atoms with E-state index in [1.54, 1.807) is 12.3 Å². The van der Waals surface area contributed by atoms with Crippen molar-refractivity contribution in [2.75, 3.05) is 29.5 Å². The van der Waals surface area contributed by atoms with E-state index in [0.29, 0.717) is 30.3 Å². The highest BCUT2D eigenvalue weighted by Gasteiger charge is 2.19. The predicted octanol–water partition coefficient (Wildman–Crippen LogP) is -0.255. The number of hydrogen-bond donors (Lipinski definition) is 2. The number of nitrogens with two attached hydrogens (primary N) is 1. The number of amidine groups is 1. The van der Waals surface area contributed by atoms with Crippen LogP contribution in [0.25, 0.3) is 0 Å². The van der Waals surface area contributed by atoms with Gasteiger partial charge in [0.1, 0.15) is 5.69 Å². The van der Waals surface area contributed by atoms with Gasteiger partial charge in [-0.05, 0) is 12.1 Å². The Balaban J connectivity index is 2.29. The van der Waals surface area contributed by atoms with Gasteiger partial charge in [-0.1, -0.05) is 5.16 Å². The van der Waals surface area contributed by atoms with Gasteiger partial charge >= 0.3 is 0 Å². The minimum Gasteiger partial charge on any atom is -0.409 e. The fourth-order valence-corrected chi connectivity index (χ4v) is 2.83. The predicted molar refractivity (Wildman–Crippen MR) is 66.8 cm³/mol. The molecule has 1 aromatic rings. The largest absolute Gasteiger partial charge is 0.409 e. The molecule has 1 aliphatic rings. The topological polar surface area (TPSA) is 91.8 Å². The third-order valence-electron chi connectivity index (χ3n) is 2.66. The molecule has 2 heterocycles. The van der Waals surface area contributed by atoms with Crippen LogP contribution in [0.1, 0.15) is 5.69 Å². The van der Waals surface area contributed by atoms with Crippen molar-refractivity contribution < 1.29 is 9.42 Å². The first-order chi connectivity index (χ1) is 8.22. The fraction of sp³-hybridized carbons (Fsp3) is 0.400. The zero-order chi connectivity index (χ0) is 12.3. The Morgan fingerprint density at radius 1 is 1.53 bits per heavy atom. The monoisotopic (exact) mass is 254 g/mol. The van der Waals surface area contributed by atoms with Crippen LogP contribution in [-0.2, 0) is 10.8 Å². The molecule has 1 saturated heterocycles. The maximum atomic E-state index is 11.3. The normalized spacial score (nSPS) is 18.4. The van der Waals surface area contributed by atoms with E-state index in [9.17, 15) is 4.21 Å². The SMILES string of the molecule is N/C(=N/O)c1ncccc1N1CCS(=O)CC1. The first-order valence-electron chi connectivity index (χ1n) is 5.25. The second kappa shape index (κ2) is 5.13. The van der Waals surface area contributed by atoms with Gasteiger partial charge < -0.3 is 15.8 Å². The van der Waals surface area contributed by atoms with Crippen LogP contribution in [0.2, 0.25) is 0 Å².